The Labute approximate surface area is 154 Å². The van der Waals surface area contributed by atoms with Crippen molar-refractivity contribution < 1.29 is 9.18 Å². The second-order valence-corrected chi connectivity index (χ2v) is 6.44. The molecule has 1 aromatic heterocycles. The van der Waals surface area contributed by atoms with Gasteiger partial charge >= 0.3 is 0 Å². The minimum absolute atomic E-state index is 0.150. The fourth-order valence-corrected chi connectivity index (χ4v) is 2.93. The van der Waals surface area contributed by atoms with E-state index in [1.807, 2.05) is 12.1 Å². The molecule has 0 fully saturated rings. The maximum Gasteiger partial charge on any atom is 0.234 e. The van der Waals surface area contributed by atoms with Gasteiger partial charge in [-0.1, -0.05) is 23.9 Å². The smallest absolute Gasteiger partial charge is 0.234 e. The van der Waals surface area contributed by atoms with Gasteiger partial charge in [0, 0.05) is 5.69 Å². The summed E-state index contributed by atoms with van der Waals surface area (Å²) >= 11 is 1.28. The third-order valence-electron chi connectivity index (χ3n) is 3.57. The number of rotatable bonds is 6. The van der Waals surface area contributed by atoms with Crippen LogP contribution in [0.2, 0.25) is 0 Å². The van der Waals surface area contributed by atoms with E-state index in [0.29, 0.717) is 17.3 Å². The highest BCUT2D eigenvalue weighted by atomic mass is 32.2. The summed E-state index contributed by atoms with van der Waals surface area (Å²) in [5.41, 5.74) is 3.18. The van der Waals surface area contributed by atoms with E-state index in [0.717, 1.165) is 16.8 Å². The number of anilines is 1. The lowest BCUT2D eigenvalue weighted by molar-refractivity contribution is -0.113. The first kappa shape index (κ1) is 17.7. The number of carbonyl (C=O) groups excluding carboxylic acids is 1. The summed E-state index contributed by atoms with van der Waals surface area (Å²) in [6, 6.07) is 15.4. The third kappa shape index (κ3) is 4.71. The molecule has 0 aliphatic heterocycles. The van der Waals surface area contributed by atoms with Crippen LogP contribution in [0.1, 0.15) is 5.56 Å². The summed E-state index contributed by atoms with van der Waals surface area (Å²) in [6.45, 7) is 0. The minimum Gasteiger partial charge on any atom is -0.333 e. The molecule has 0 spiro atoms. The number of hydrogen-bond acceptors (Lipinski definition) is 4. The number of nitrogens with one attached hydrogen (secondary N) is 2. The Morgan fingerprint density at radius 3 is 2.62 bits per heavy atom. The average molecular weight is 366 g/mol. The molecule has 0 aliphatic carbocycles. The predicted molar refractivity (Wildman–Crippen MR) is 99.1 cm³/mol. The predicted octanol–water partition coefficient (Wildman–Crippen LogP) is 4.01. The second-order valence-electron chi connectivity index (χ2n) is 5.48. The fraction of sp³-hybridized carbons (Fsp3) is 0.105. The Balaban J connectivity index is 1.53. The van der Waals surface area contributed by atoms with Gasteiger partial charge in [-0.3, -0.25) is 4.79 Å². The van der Waals surface area contributed by atoms with Crippen LogP contribution in [0.3, 0.4) is 0 Å². The Kier molecular flexibility index (Phi) is 5.66. The molecule has 0 aliphatic rings. The van der Waals surface area contributed by atoms with Gasteiger partial charge in [0.2, 0.25) is 5.91 Å². The van der Waals surface area contributed by atoms with Crippen molar-refractivity contribution in [1.82, 2.24) is 9.97 Å². The minimum atomic E-state index is -0.291. The number of aromatic amines is 1. The first-order valence-electron chi connectivity index (χ1n) is 7.83. The standard InChI is InChI=1S/C19H15FN4OS/c20-15-5-3-14(4-6-15)17-11-22-19(24-17)26-12-18(25)23-16-7-1-13(2-8-16)9-10-21/h1-8,11H,9,12H2,(H,22,24)(H,23,25). The third-order valence-corrected chi connectivity index (χ3v) is 4.46. The van der Waals surface area contributed by atoms with Gasteiger partial charge in [0.25, 0.3) is 0 Å². The van der Waals surface area contributed by atoms with Crippen LogP contribution >= 0.6 is 11.8 Å². The SMILES string of the molecule is N#CCc1ccc(NC(=O)CSc2ncc(-c3ccc(F)cc3)[nH]2)cc1. The van der Waals surface area contributed by atoms with Crippen LogP contribution in [0.5, 0.6) is 0 Å². The molecule has 1 heterocycles. The van der Waals surface area contributed by atoms with Crippen LogP contribution in [0.15, 0.2) is 59.9 Å². The summed E-state index contributed by atoms with van der Waals surface area (Å²) in [5.74, 6) is -0.237. The molecule has 3 rings (SSSR count). The number of H-pyrrole nitrogens is 1. The molecule has 0 unspecified atom stereocenters. The molecule has 0 saturated heterocycles. The molecule has 0 bridgehead atoms. The molecular weight excluding hydrogens is 351 g/mol. The lowest BCUT2D eigenvalue weighted by Crippen LogP contribution is -2.14. The van der Waals surface area contributed by atoms with E-state index in [1.165, 1.54) is 23.9 Å². The molecule has 0 atom stereocenters. The number of nitriles is 1. The van der Waals surface area contributed by atoms with Crippen LogP contribution in [-0.2, 0) is 11.2 Å². The summed E-state index contributed by atoms with van der Waals surface area (Å²) in [5, 5.41) is 12.1. The molecule has 0 saturated carbocycles. The zero-order chi connectivity index (χ0) is 18.4. The zero-order valence-corrected chi connectivity index (χ0v) is 14.5. The molecule has 26 heavy (non-hydrogen) atoms. The monoisotopic (exact) mass is 366 g/mol. The Hall–Kier alpha value is -3.11. The molecule has 0 radical (unpaired) electrons. The number of hydrogen-bond donors (Lipinski definition) is 2. The molecule has 2 N–H and O–H groups in total. The van der Waals surface area contributed by atoms with E-state index in [4.69, 9.17) is 5.26 Å². The molecule has 5 nitrogen and oxygen atoms in total. The summed E-state index contributed by atoms with van der Waals surface area (Å²) in [6.07, 6.45) is 2.00. The van der Waals surface area contributed by atoms with Gasteiger partial charge in [-0.05, 0) is 47.5 Å². The Bertz CT molecular complexity index is 929. The van der Waals surface area contributed by atoms with Crippen molar-refractivity contribution in [2.45, 2.75) is 11.6 Å². The van der Waals surface area contributed by atoms with E-state index in [1.54, 1.807) is 30.5 Å². The number of aromatic nitrogens is 2. The van der Waals surface area contributed by atoms with Gasteiger partial charge in [0.15, 0.2) is 5.16 Å². The fourth-order valence-electron chi connectivity index (χ4n) is 2.28. The number of thioether (sulfide) groups is 1. The highest BCUT2D eigenvalue weighted by molar-refractivity contribution is 7.99. The van der Waals surface area contributed by atoms with Crippen LogP contribution in [-0.4, -0.2) is 21.6 Å². The maximum atomic E-state index is 13.0. The molecule has 7 heteroatoms. The van der Waals surface area contributed by atoms with Gasteiger partial charge in [0.1, 0.15) is 5.82 Å². The number of halogens is 1. The van der Waals surface area contributed by atoms with Gasteiger partial charge in [-0.2, -0.15) is 5.26 Å². The number of carbonyl (C=O) groups is 1. The highest BCUT2D eigenvalue weighted by Gasteiger charge is 2.08. The van der Waals surface area contributed by atoms with E-state index in [2.05, 4.69) is 21.4 Å². The Morgan fingerprint density at radius 1 is 1.19 bits per heavy atom. The normalized spacial score (nSPS) is 10.3. The van der Waals surface area contributed by atoms with E-state index >= 15 is 0 Å². The van der Waals surface area contributed by atoms with Crippen molar-refractivity contribution in [3.8, 4) is 17.3 Å². The van der Waals surface area contributed by atoms with E-state index in [-0.39, 0.29) is 17.5 Å². The lowest BCUT2D eigenvalue weighted by atomic mass is 10.1. The molecular formula is C19H15FN4OS. The summed E-state index contributed by atoms with van der Waals surface area (Å²) < 4.78 is 13.0. The van der Waals surface area contributed by atoms with Crippen molar-refractivity contribution in [3.63, 3.8) is 0 Å². The van der Waals surface area contributed by atoms with Crippen LogP contribution < -0.4 is 5.32 Å². The Morgan fingerprint density at radius 2 is 1.92 bits per heavy atom. The van der Waals surface area contributed by atoms with E-state index < -0.39 is 0 Å². The number of imidazole rings is 1. The molecule has 1 amide bonds. The van der Waals surface area contributed by atoms with Crippen molar-refractivity contribution >= 4 is 23.4 Å². The first-order chi connectivity index (χ1) is 12.6. The van der Waals surface area contributed by atoms with E-state index in [9.17, 15) is 9.18 Å². The maximum absolute atomic E-state index is 13.0. The number of nitrogens with zero attached hydrogens (tertiary/aromatic N) is 2. The largest absolute Gasteiger partial charge is 0.333 e. The van der Waals surface area contributed by atoms with Crippen LogP contribution in [0.25, 0.3) is 11.3 Å². The van der Waals surface area contributed by atoms with Crippen molar-refractivity contribution in [2.24, 2.45) is 0 Å². The van der Waals surface area contributed by atoms with Crippen LogP contribution in [0.4, 0.5) is 10.1 Å². The summed E-state index contributed by atoms with van der Waals surface area (Å²) in [7, 11) is 0. The van der Waals surface area contributed by atoms with Gasteiger partial charge in [0.05, 0.1) is 30.1 Å². The molecule has 130 valence electrons. The number of amides is 1. The van der Waals surface area contributed by atoms with Crippen molar-refractivity contribution in [3.05, 3.63) is 66.1 Å². The number of benzene rings is 2. The van der Waals surface area contributed by atoms with Crippen molar-refractivity contribution in [2.75, 3.05) is 11.1 Å². The molecule has 2 aromatic carbocycles. The van der Waals surface area contributed by atoms with Gasteiger partial charge in [-0.25, -0.2) is 9.37 Å². The van der Waals surface area contributed by atoms with Crippen LogP contribution in [0, 0.1) is 17.1 Å². The van der Waals surface area contributed by atoms with Gasteiger partial charge in [-0.15, -0.1) is 0 Å². The zero-order valence-electron chi connectivity index (χ0n) is 13.7. The lowest BCUT2D eigenvalue weighted by Gasteiger charge is -2.05. The highest BCUT2D eigenvalue weighted by Crippen LogP contribution is 2.22. The summed E-state index contributed by atoms with van der Waals surface area (Å²) in [4.78, 5) is 19.4. The average Bonchev–Trinajstić information content (AvgIpc) is 3.11. The first-order valence-corrected chi connectivity index (χ1v) is 8.82. The quantitative estimate of drug-likeness (QED) is 0.646. The topological polar surface area (TPSA) is 81.6 Å². The van der Waals surface area contributed by atoms with Crippen molar-refractivity contribution in [1.29, 1.82) is 5.26 Å². The molecule has 3 aromatic rings. The van der Waals surface area contributed by atoms with Gasteiger partial charge < -0.3 is 10.3 Å². The second kappa shape index (κ2) is 8.32.